The summed E-state index contributed by atoms with van der Waals surface area (Å²) in [6.07, 6.45) is -0.869. The Balaban J connectivity index is 1.73. The summed E-state index contributed by atoms with van der Waals surface area (Å²) in [4.78, 5) is 27.4. The van der Waals surface area contributed by atoms with E-state index in [-0.39, 0.29) is 16.9 Å². The number of rotatable bonds is 7. The number of nitrogens with zero attached hydrogens (tertiary/aromatic N) is 2. The Morgan fingerprint density at radius 1 is 0.925 bits per heavy atom. The monoisotopic (exact) mass is 596 g/mol. The SMILES string of the molecule is Cc1ccc(S(=O)(=O)N(CCC(=O)OS(=O)(=O)C(F)(F)F)C(=O)c2cccc3c2Cc2ccccc2N3C)cc1. The number of carbonyl (C=O) groups excluding carboxylic acids is 2. The topological polar surface area (TPSA) is 118 Å². The third kappa shape index (κ3) is 5.54. The lowest BCUT2D eigenvalue weighted by molar-refractivity contribution is -0.136. The van der Waals surface area contributed by atoms with Crippen molar-refractivity contribution in [3.05, 3.63) is 89.0 Å². The lowest BCUT2D eigenvalue weighted by Crippen LogP contribution is -2.40. The zero-order chi connectivity index (χ0) is 29.5. The highest BCUT2D eigenvalue weighted by molar-refractivity contribution is 7.89. The molecule has 0 spiro atoms. The van der Waals surface area contributed by atoms with Crippen LogP contribution in [0.3, 0.4) is 0 Å². The largest absolute Gasteiger partial charge is 0.534 e. The van der Waals surface area contributed by atoms with Gasteiger partial charge in [0.25, 0.3) is 15.9 Å². The molecule has 4 rings (SSSR count). The Bertz CT molecular complexity index is 1690. The van der Waals surface area contributed by atoms with Crippen LogP contribution in [0, 0.1) is 6.92 Å². The summed E-state index contributed by atoms with van der Waals surface area (Å²) in [5.41, 5.74) is -2.27. The van der Waals surface area contributed by atoms with Gasteiger partial charge in [0, 0.05) is 37.0 Å². The quantitative estimate of drug-likeness (QED) is 0.293. The van der Waals surface area contributed by atoms with E-state index in [9.17, 15) is 39.6 Å². The molecule has 0 fully saturated rings. The summed E-state index contributed by atoms with van der Waals surface area (Å²) in [5, 5.41) is 0. The molecule has 3 aromatic rings. The highest BCUT2D eigenvalue weighted by atomic mass is 32.2. The van der Waals surface area contributed by atoms with E-state index in [2.05, 4.69) is 4.18 Å². The summed E-state index contributed by atoms with van der Waals surface area (Å²) >= 11 is 0. The molecule has 0 radical (unpaired) electrons. The van der Waals surface area contributed by atoms with Crippen molar-refractivity contribution >= 4 is 43.4 Å². The number of anilines is 2. The fraction of sp³-hybridized carbons (Fsp3) is 0.231. The Hall–Kier alpha value is -3.91. The number of hydrogen-bond donors (Lipinski definition) is 0. The molecule has 0 atom stereocenters. The molecule has 212 valence electrons. The van der Waals surface area contributed by atoms with E-state index in [4.69, 9.17) is 0 Å². The standard InChI is InChI=1S/C26H23F3N2O7S2/c1-17-10-12-19(13-11-17)39(34,35)31(15-14-24(32)38-40(36,37)26(27,28)29)25(33)20-7-5-9-23-21(20)16-18-6-3-4-8-22(18)30(23)2/h3-13H,14-16H2,1-2H3. The van der Waals surface area contributed by atoms with Crippen molar-refractivity contribution in [3.8, 4) is 0 Å². The third-order valence-corrected chi connectivity index (χ3v) is 9.07. The van der Waals surface area contributed by atoms with Gasteiger partial charge < -0.3 is 9.08 Å². The van der Waals surface area contributed by atoms with Crippen molar-refractivity contribution in [2.24, 2.45) is 0 Å². The van der Waals surface area contributed by atoms with Gasteiger partial charge in [0.1, 0.15) is 0 Å². The van der Waals surface area contributed by atoms with Crippen LogP contribution in [0.25, 0.3) is 0 Å². The molecule has 3 aromatic carbocycles. The number of hydrogen-bond acceptors (Lipinski definition) is 8. The molecule has 1 aliphatic rings. The van der Waals surface area contributed by atoms with Gasteiger partial charge in [-0.1, -0.05) is 42.0 Å². The van der Waals surface area contributed by atoms with E-state index in [1.807, 2.05) is 29.2 Å². The van der Waals surface area contributed by atoms with Gasteiger partial charge in [-0.2, -0.15) is 21.6 Å². The number of benzene rings is 3. The van der Waals surface area contributed by atoms with Crippen LogP contribution in [0.1, 0.15) is 33.5 Å². The van der Waals surface area contributed by atoms with Crippen LogP contribution in [0.2, 0.25) is 0 Å². The summed E-state index contributed by atoms with van der Waals surface area (Å²) in [6.45, 7) is 0.734. The number of alkyl halides is 3. The van der Waals surface area contributed by atoms with Gasteiger partial charge in [-0.25, -0.2) is 12.7 Å². The van der Waals surface area contributed by atoms with E-state index in [0.29, 0.717) is 15.6 Å². The summed E-state index contributed by atoms with van der Waals surface area (Å²) < 4.78 is 91.5. The molecule has 14 heteroatoms. The Labute approximate surface area is 229 Å². The summed E-state index contributed by atoms with van der Waals surface area (Å²) in [7, 11) is -9.13. The summed E-state index contributed by atoms with van der Waals surface area (Å²) in [6, 6.07) is 17.6. The van der Waals surface area contributed by atoms with E-state index in [0.717, 1.165) is 16.8 Å². The van der Waals surface area contributed by atoms with Crippen LogP contribution in [-0.2, 0) is 35.5 Å². The maximum absolute atomic E-state index is 13.9. The second kappa shape index (κ2) is 10.6. The number of sulfonamides is 1. The van der Waals surface area contributed by atoms with E-state index in [1.165, 1.54) is 30.3 Å². The maximum atomic E-state index is 13.9. The van der Waals surface area contributed by atoms with Crippen LogP contribution in [0.15, 0.2) is 71.6 Å². The first-order chi connectivity index (χ1) is 18.6. The van der Waals surface area contributed by atoms with Crippen molar-refractivity contribution < 1.29 is 43.8 Å². The van der Waals surface area contributed by atoms with Gasteiger partial charge in [-0.15, -0.1) is 0 Å². The first-order valence-corrected chi connectivity index (χ1v) is 14.6. The van der Waals surface area contributed by atoms with E-state index >= 15 is 0 Å². The van der Waals surface area contributed by atoms with Crippen molar-refractivity contribution in [3.63, 3.8) is 0 Å². The fourth-order valence-corrected chi connectivity index (χ4v) is 6.09. The molecular weight excluding hydrogens is 573 g/mol. The minimum Gasteiger partial charge on any atom is -0.344 e. The Morgan fingerprint density at radius 2 is 1.55 bits per heavy atom. The molecule has 0 unspecified atom stereocenters. The average molecular weight is 597 g/mol. The van der Waals surface area contributed by atoms with E-state index in [1.54, 1.807) is 26.1 Å². The number of halogens is 3. The number of para-hydroxylation sites is 1. The second-order valence-electron chi connectivity index (χ2n) is 8.97. The highest BCUT2D eigenvalue weighted by Gasteiger charge is 2.49. The van der Waals surface area contributed by atoms with Crippen LogP contribution in [0.5, 0.6) is 0 Å². The molecule has 40 heavy (non-hydrogen) atoms. The Kier molecular flexibility index (Phi) is 7.69. The number of amides is 1. The third-order valence-electron chi connectivity index (χ3n) is 6.30. The van der Waals surface area contributed by atoms with Crippen LogP contribution in [-0.4, -0.2) is 52.1 Å². The lowest BCUT2D eigenvalue weighted by Gasteiger charge is -2.32. The predicted octanol–water partition coefficient (Wildman–Crippen LogP) is 4.28. The predicted molar refractivity (Wildman–Crippen MR) is 139 cm³/mol. The molecule has 0 saturated heterocycles. The van der Waals surface area contributed by atoms with Crippen LogP contribution >= 0.6 is 0 Å². The summed E-state index contributed by atoms with van der Waals surface area (Å²) in [5.74, 6) is -2.92. The molecule has 1 heterocycles. The van der Waals surface area contributed by atoms with Gasteiger partial charge in [-0.3, -0.25) is 9.59 Å². The molecule has 0 saturated carbocycles. The van der Waals surface area contributed by atoms with Crippen LogP contribution < -0.4 is 4.90 Å². The van der Waals surface area contributed by atoms with Gasteiger partial charge in [0.05, 0.1) is 11.3 Å². The zero-order valence-corrected chi connectivity index (χ0v) is 22.8. The smallest absolute Gasteiger partial charge is 0.344 e. The molecule has 9 nitrogen and oxygen atoms in total. The second-order valence-corrected chi connectivity index (χ2v) is 12.4. The molecule has 1 aliphatic heterocycles. The Morgan fingerprint density at radius 3 is 2.20 bits per heavy atom. The number of carbonyl (C=O) groups is 2. The van der Waals surface area contributed by atoms with E-state index < -0.39 is 50.5 Å². The van der Waals surface area contributed by atoms with Gasteiger partial charge in [0.15, 0.2) is 0 Å². The lowest BCUT2D eigenvalue weighted by atomic mass is 9.92. The first kappa shape index (κ1) is 29.1. The molecule has 0 aliphatic carbocycles. The average Bonchev–Trinajstić information content (AvgIpc) is 2.88. The normalized spacial score (nSPS) is 13.3. The molecule has 0 bridgehead atoms. The molecular formula is C26H23F3N2O7S2. The number of fused-ring (bicyclic) bond motifs is 2. The zero-order valence-electron chi connectivity index (χ0n) is 21.2. The van der Waals surface area contributed by atoms with Crippen molar-refractivity contribution in [1.82, 2.24) is 4.31 Å². The first-order valence-electron chi connectivity index (χ1n) is 11.7. The highest BCUT2D eigenvalue weighted by Crippen LogP contribution is 2.39. The molecule has 0 N–H and O–H groups in total. The maximum Gasteiger partial charge on any atom is 0.534 e. The number of aryl methyl sites for hydroxylation is 1. The fourth-order valence-electron chi connectivity index (χ4n) is 4.29. The van der Waals surface area contributed by atoms with Gasteiger partial charge >= 0.3 is 21.6 Å². The molecule has 1 amide bonds. The molecule has 0 aromatic heterocycles. The van der Waals surface area contributed by atoms with Crippen molar-refractivity contribution in [2.75, 3.05) is 18.5 Å². The minimum atomic E-state index is -6.26. The van der Waals surface area contributed by atoms with Crippen molar-refractivity contribution in [2.45, 2.75) is 30.2 Å². The van der Waals surface area contributed by atoms with Gasteiger partial charge in [-0.05, 0) is 48.4 Å². The van der Waals surface area contributed by atoms with Gasteiger partial charge in [0.2, 0.25) is 0 Å². The van der Waals surface area contributed by atoms with Crippen molar-refractivity contribution in [1.29, 1.82) is 0 Å². The van der Waals surface area contributed by atoms with Crippen LogP contribution in [0.4, 0.5) is 24.5 Å². The minimum absolute atomic E-state index is 0.00850.